The van der Waals surface area contributed by atoms with Gasteiger partial charge in [-0.1, -0.05) is 18.2 Å². The molecule has 0 radical (unpaired) electrons. The van der Waals surface area contributed by atoms with Gasteiger partial charge in [0.25, 0.3) is 0 Å². The van der Waals surface area contributed by atoms with Crippen molar-refractivity contribution in [3.8, 4) is 33.6 Å². The molecule has 1 aliphatic heterocycles. The van der Waals surface area contributed by atoms with E-state index in [-0.39, 0.29) is 6.04 Å². The zero-order chi connectivity index (χ0) is 25.3. The average molecular weight is 498 g/mol. The Balaban J connectivity index is 1.23. The number of rotatable bonds is 6. The highest BCUT2D eigenvalue weighted by Gasteiger charge is 2.39. The molecule has 3 aromatic heterocycles. The molecule has 1 fully saturated rings. The predicted octanol–water partition coefficient (Wildman–Crippen LogP) is 3.97. The van der Waals surface area contributed by atoms with Gasteiger partial charge in [-0.25, -0.2) is 9.97 Å². The third kappa shape index (κ3) is 5.31. The van der Waals surface area contributed by atoms with Crippen molar-refractivity contribution in [3.05, 3.63) is 61.4 Å². The molecule has 1 aliphatic rings. The van der Waals surface area contributed by atoms with Crippen molar-refractivity contribution in [2.45, 2.75) is 31.2 Å². The lowest BCUT2D eigenvalue weighted by Gasteiger charge is -2.33. The van der Waals surface area contributed by atoms with E-state index in [2.05, 4.69) is 20.2 Å². The van der Waals surface area contributed by atoms with Crippen LogP contribution in [0.4, 0.5) is 13.2 Å². The van der Waals surface area contributed by atoms with Gasteiger partial charge in [-0.3, -0.25) is 9.36 Å². The third-order valence-electron chi connectivity index (χ3n) is 6.49. The van der Waals surface area contributed by atoms with Crippen molar-refractivity contribution in [2.24, 2.45) is 7.05 Å². The number of benzene rings is 1. The quantitative estimate of drug-likeness (QED) is 0.434. The fourth-order valence-corrected chi connectivity index (χ4v) is 4.44. The van der Waals surface area contributed by atoms with Crippen LogP contribution < -0.4 is 0 Å². The fourth-order valence-electron chi connectivity index (χ4n) is 4.44. The summed E-state index contributed by atoms with van der Waals surface area (Å²) in [5.74, 6) is 0.616. The summed E-state index contributed by atoms with van der Waals surface area (Å²) in [5, 5.41) is 18.0. The summed E-state index contributed by atoms with van der Waals surface area (Å²) >= 11 is 0. The van der Waals surface area contributed by atoms with E-state index in [1.807, 2.05) is 54.6 Å². The minimum Gasteiger partial charge on any atom is -0.382 e. The molecule has 36 heavy (non-hydrogen) atoms. The summed E-state index contributed by atoms with van der Waals surface area (Å²) in [4.78, 5) is 10.8. The van der Waals surface area contributed by atoms with Crippen molar-refractivity contribution >= 4 is 0 Å². The van der Waals surface area contributed by atoms with E-state index in [1.165, 1.54) is 0 Å². The molecule has 0 aliphatic carbocycles. The summed E-state index contributed by atoms with van der Waals surface area (Å²) in [6, 6.07) is 8.07. The molecule has 8 nitrogen and oxygen atoms in total. The molecule has 0 amide bonds. The van der Waals surface area contributed by atoms with Crippen molar-refractivity contribution in [1.29, 1.82) is 0 Å². The molecule has 1 aromatic carbocycles. The number of hydrogen-bond acceptors (Lipinski definition) is 6. The summed E-state index contributed by atoms with van der Waals surface area (Å²) in [6.45, 7) is 0.557. The second kappa shape index (κ2) is 9.82. The number of halogens is 3. The molecule has 4 aromatic rings. The lowest BCUT2D eigenvalue weighted by atomic mass is 10.0. The van der Waals surface area contributed by atoms with E-state index in [9.17, 15) is 18.3 Å². The van der Waals surface area contributed by atoms with Crippen LogP contribution in [0.2, 0.25) is 0 Å². The number of likely N-dealkylation sites (tertiary alicyclic amines) is 1. The number of nitrogens with zero attached hydrogens (tertiary/aromatic N) is 7. The molecule has 4 heterocycles. The normalized spacial score (nSPS) is 16.4. The number of piperidine rings is 1. The smallest absolute Gasteiger partial charge is 0.382 e. The first-order chi connectivity index (χ1) is 17.3. The Morgan fingerprint density at radius 1 is 0.917 bits per heavy atom. The Bertz CT molecular complexity index is 1310. The highest BCUT2D eigenvalue weighted by molar-refractivity contribution is 5.70. The molecule has 0 spiro atoms. The maximum absolute atomic E-state index is 12.6. The molecular weight excluding hydrogens is 471 g/mol. The molecule has 1 saturated heterocycles. The Kier molecular flexibility index (Phi) is 6.59. The van der Waals surface area contributed by atoms with Crippen LogP contribution in [0.1, 0.15) is 18.9 Å². The Labute approximate surface area is 206 Å². The zero-order valence-electron chi connectivity index (χ0n) is 19.7. The van der Waals surface area contributed by atoms with Gasteiger partial charge < -0.3 is 10.0 Å². The topological polar surface area (TPSA) is 84.9 Å². The summed E-state index contributed by atoms with van der Waals surface area (Å²) in [6.07, 6.45) is 5.39. The molecule has 188 valence electrons. The number of β-amino-alcohol motifs (C(OH)–C–C–N with tert-alkyl or cyclic N) is 1. The highest BCUT2D eigenvalue weighted by Crippen LogP contribution is 2.28. The number of aryl methyl sites for hydroxylation is 1. The van der Waals surface area contributed by atoms with Crippen molar-refractivity contribution in [2.75, 3.05) is 19.6 Å². The Hall–Kier alpha value is -3.57. The minimum absolute atomic E-state index is 0.0911. The lowest BCUT2D eigenvalue weighted by Crippen LogP contribution is -2.44. The molecule has 1 atom stereocenters. The second-order valence-electron chi connectivity index (χ2n) is 9.08. The maximum atomic E-state index is 12.6. The number of aliphatic hydroxyl groups excluding tert-OH is 1. The van der Waals surface area contributed by atoms with Gasteiger partial charge >= 0.3 is 6.18 Å². The van der Waals surface area contributed by atoms with E-state index < -0.39 is 18.8 Å². The van der Waals surface area contributed by atoms with Gasteiger partial charge in [-0.2, -0.15) is 23.4 Å². The van der Waals surface area contributed by atoms with Crippen LogP contribution >= 0.6 is 0 Å². The lowest BCUT2D eigenvalue weighted by molar-refractivity contribution is -0.208. The number of aromatic nitrogens is 6. The molecule has 1 unspecified atom stereocenters. The Morgan fingerprint density at radius 3 is 2.25 bits per heavy atom. The standard InChI is InChI=1S/C25H26F3N7O/c1-33-14-20(12-31-33)17-3-2-4-18(9-17)24-29-10-19(11-30-24)21-13-32-35(15-21)22-5-7-34(8-6-22)16-23(36)25(26,27)28/h2-4,9-15,22-23,36H,5-8,16H2,1H3. The van der Waals surface area contributed by atoms with Crippen LogP contribution in [0.5, 0.6) is 0 Å². The van der Waals surface area contributed by atoms with Crippen LogP contribution in [0.15, 0.2) is 61.4 Å². The first-order valence-electron chi connectivity index (χ1n) is 11.7. The van der Waals surface area contributed by atoms with Crippen LogP contribution in [0, 0.1) is 0 Å². The first kappa shape index (κ1) is 24.1. The SMILES string of the molecule is Cn1cc(-c2cccc(-c3ncc(-c4cnn(C5CCN(CC(O)C(F)(F)F)CC5)c4)cn3)c2)cn1. The maximum Gasteiger partial charge on any atom is 0.415 e. The van der Waals surface area contributed by atoms with Gasteiger partial charge in [0.2, 0.25) is 0 Å². The molecule has 11 heteroatoms. The minimum atomic E-state index is -4.59. The van der Waals surface area contributed by atoms with Crippen LogP contribution in [-0.4, -0.2) is 71.4 Å². The fraction of sp³-hybridized carbons (Fsp3) is 0.360. The number of aliphatic hydroxyl groups is 1. The van der Waals surface area contributed by atoms with Crippen molar-refractivity contribution in [3.63, 3.8) is 0 Å². The van der Waals surface area contributed by atoms with Crippen molar-refractivity contribution < 1.29 is 18.3 Å². The van der Waals surface area contributed by atoms with E-state index in [0.717, 1.165) is 27.8 Å². The number of alkyl halides is 3. The molecule has 5 rings (SSSR count). The van der Waals surface area contributed by atoms with E-state index in [1.54, 1.807) is 28.2 Å². The first-order valence-corrected chi connectivity index (χ1v) is 11.7. The monoisotopic (exact) mass is 497 g/mol. The third-order valence-corrected chi connectivity index (χ3v) is 6.49. The molecule has 0 bridgehead atoms. The van der Waals surface area contributed by atoms with E-state index >= 15 is 0 Å². The van der Waals surface area contributed by atoms with Crippen molar-refractivity contribution in [1.82, 2.24) is 34.4 Å². The molecular formula is C25H26F3N7O. The van der Waals surface area contributed by atoms with Gasteiger partial charge in [0.15, 0.2) is 11.9 Å². The second-order valence-corrected chi connectivity index (χ2v) is 9.08. The zero-order valence-corrected chi connectivity index (χ0v) is 19.7. The van der Waals surface area contributed by atoms with Gasteiger partial charge in [0.1, 0.15) is 0 Å². The molecule has 0 saturated carbocycles. The van der Waals surface area contributed by atoms with Crippen LogP contribution in [-0.2, 0) is 7.05 Å². The van der Waals surface area contributed by atoms with Gasteiger partial charge in [0.05, 0.1) is 18.4 Å². The van der Waals surface area contributed by atoms with Gasteiger partial charge in [0, 0.05) is 73.7 Å². The summed E-state index contributed by atoms with van der Waals surface area (Å²) in [5.41, 5.74) is 4.67. The predicted molar refractivity (Wildman–Crippen MR) is 128 cm³/mol. The highest BCUT2D eigenvalue weighted by atomic mass is 19.4. The van der Waals surface area contributed by atoms with Gasteiger partial charge in [-0.05, 0) is 24.5 Å². The largest absolute Gasteiger partial charge is 0.415 e. The van der Waals surface area contributed by atoms with Crippen LogP contribution in [0.25, 0.3) is 33.6 Å². The summed E-state index contributed by atoms with van der Waals surface area (Å²) in [7, 11) is 1.88. The molecule has 1 N–H and O–H groups in total. The number of hydrogen-bond donors (Lipinski definition) is 1. The Morgan fingerprint density at radius 2 is 1.58 bits per heavy atom. The summed E-state index contributed by atoms with van der Waals surface area (Å²) < 4.78 is 41.5. The average Bonchev–Trinajstić information content (AvgIpc) is 3.54. The van der Waals surface area contributed by atoms with Gasteiger partial charge in [-0.15, -0.1) is 0 Å². The van der Waals surface area contributed by atoms with E-state index in [4.69, 9.17) is 0 Å². The van der Waals surface area contributed by atoms with E-state index in [0.29, 0.717) is 31.8 Å². The van der Waals surface area contributed by atoms with Crippen LogP contribution in [0.3, 0.4) is 0 Å².